The van der Waals surface area contributed by atoms with Crippen molar-refractivity contribution in [3.8, 4) is 18.1 Å². The molecule has 128 valence electrons. The van der Waals surface area contributed by atoms with Gasteiger partial charge < -0.3 is 9.30 Å². The van der Waals surface area contributed by atoms with Crippen LogP contribution in [0.4, 0.5) is 0 Å². The average Bonchev–Trinajstić information content (AvgIpc) is 2.91. The van der Waals surface area contributed by atoms with Crippen molar-refractivity contribution < 1.29 is 13.2 Å². The number of thiazole rings is 1. The van der Waals surface area contributed by atoms with Crippen molar-refractivity contribution >= 4 is 43.2 Å². The Morgan fingerprint density at radius 1 is 1.28 bits per heavy atom. The molecular weight excluding hydrogens is 380 g/mol. The Hall–Kier alpha value is -2.27. The maximum Gasteiger partial charge on any atom is 0.285 e. The van der Waals surface area contributed by atoms with Crippen LogP contribution in [0, 0.1) is 12.3 Å². The van der Waals surface area contributed by atoms with Crippen molar-refractivity contribution in [3.05, 3.63) is 52.3 Å². The number of nitrogens with zero attached hydrogens (tertiary/aromatic N) is 2. The molecule has 0 fully saturated rings. The number of sulfonamides is 1. The number of terminal acetylenes is 1. The lowest BCUT2D eigenvalue weighted by molar-refractivity contribution is 0.414. The van der Waals surface area contributed by atoms with E-state index in [4.69, 9.17) is 22.8 Å². The first kappa shape index (κ1) is 17.5. The molecule has 1 heterocycles. The zero-order valence-electron chi connectivity index (χ0n) is 13.1. The molecule has 0 bridgehead atoms. The highest BCUT2D eigenvalue weighted by atomic mass is 35.5. The summed E-state index contributed by atoms with van der Waals surface area (Å²) in [7, 11) is -2.37. The first-order valence-electron chi connectivity index (χ1n) is 7.12. The highest BCUT2D eigenvalue weighted by Gasteiger charge is 2.15. The molecule has 5 nitrogen and oxygen atoms in total. The molecule has 3 aromatic rings. The number of fused-ring (bicyclic) bond motifs is 1. The van der Waals surface area contributed by atoms with Crippen molar-refractivity contribution in [2.24, 2.45) is 4.40 Å². The smallest absolute Gasteiger partial charge is 0.285 e. The van der Waals surface area contributed by atoms with Gasteiger partial charge in [-0.2, -0.15) is 8.42 Å². The van der Waals surface area contributed by atoms with Crippen LogP contribution >= 0.6 is 22.9 Å². The largest absolute Gasteiger partial charge is 0.497 e. The van der Waals surface area contributed by atoms with Crippen molar-refractivity contribution in [2.45, 2.75) is 11.4 Å². The second kappa shape index (κ2) is 6.92. The molecule has 0 aliphatic heterocycles. The number of ether oxygens (including phenoxy) is 1. The van der Waals surface area contributed by atoms with Gasteiger partial charge in [-0.3, -0.25) is 0 Å². The molecule has 0 amide bonds. The van der Waals surface area contributed by atoms with Gasteiger partial charge >= 0.3 is 0 Å². The predicted molar refractivity (Wildman–Crippen MR) is 99.4 cm³/mol. The Balaban J connectivity index is 2.19. The molecule has 2 aromatic carbocycles. The van der Waals surface area contributed by atoms with E-state index >= 15 is 0 Å². The van der Waals surface area contributed by atoms with Gasteiger partial charge in [0.1, 0.15) is 5.75 Å². The van der Waals surface area contributed by atoms with E-state index in [1.54, 1.807) is 34.9 Å². The van der Waals surface area contributed by atoms with Crippen molar-refractivity contribution in [1.29, 1.82) is 0 Å². The molecule has 0 radical (unpaired) electrons. The highest BCUT2D eigenvalue weighted by Crippen LogP contribution is 2.23. The van der Waals surface area contributed by atoms with Crippen molar-refractivity contribution in [1.82, 2.24) is 4.57 Å². The molecule has 0 saturated heterocycles. The molecule has 8 heteroatoms. The number of hydrogen-bond acceptors (Lipinski definition) is 4. The third-order valence-electron chi connectivity index (χ3n) is 3.45. The molecule has 0 N–H and O–H groups in total. The predicted octanol–water partition coefficient (Wildman–Crippen LogP) is 3.29. The number of halogens is 1. The van der Waals surface area contributed by atoms with Crippen LogP contribution in [0.25, 0.3) is 10.2 Å². The van der Waals surface area contributed by atoms with E-state index in [2.05, 4.69) is 10.3 Å². The second-order valence-electron chi connectivity index (χ2n) is 5.03. The Morgan fingerprint density at radius 2 is 2.00 bits per heavy atom. The van der Waals surface area contributed by atoms with Gasteiger partial charge in [0, 0.05) is 5.02 Å². The molecule has 0 saturated carbocycles. The Bertz CT molecular complexity index is 1140. The van der Waals surface area contributed by atoms with Gasteiger partial charge in [-0.25, -0.2) is 0 Å². The van der Waals surface area contributed by atoms with E-state index in [9.17, 15) is 8.42 Å². The standard InChI is InChI=1S/C17H13ClN2O3S2/c1-3-10-20-15-9-4-12(18)11-16(15)24-17(20)19-25(21,22)14-7-5-13(23-2)6-8-14/h1,4-9,11H,10H2,2H3/b19-17-. The Labute approximate surface area is 154 Å². The fraction of sp³-hybridized carbons (Fsp3) is 0.118. The molecule has 1 aromatic heterocycles. The zero-order chi connectivity index (χ0) is 18.0. The van der Waals surface area contributed by atoms with Crippen LogP contribution in [0.1, 0.15) is 0 Å². The SMILES string of the molecule is C#CCn1/c(=N/S(=O)(=O)c2ccc(OC)cc2)sc2cc(Cl)ccc21. The van der Waals surface area contributed by atoms with Gasteiger partial charge in [-0.05, 0) is 42.5 Å². The highest BCUT2D eigenvalue weighted by molar-refractivity contribution is 7.90. The van der Waals surface area contributed by atoms with Crippen LogP contribution in [0.5, 0.6) is 5.75 Å². The summed E-state index contributed by atoms with van der Waals surface area (Å²) in [5.74, 6) is 3.09. The quantitative estimate of drug-likeness (QED) is 0.640. The van der Waals surface area contributed by atoms with E-state index in [1.165, 1.54) is 30.6 Å². The van der Waals surface area contributed by atoms with Gasteiger partial charge in [-0.1, -0.05) is 28.9 Å². The van der Waals surface area contributed by atoms with Crippen LogP contribution in [-0.4, -0.2) is 20.1 Å². The van der Waals surface area contributed by atoms with Gasteiger partial charge in [0.05, 0.1) is 28.8 Å². The van der Waals surface area contributed by atoms with Crippen LogP contribution in [0.15, 0.2) is 51.8 Å². The lowest BCUT2D eigenvalue weighted by atomic mass is 10.3. The topological polar surface area (TPSA) is 60.7 Å². The monoisotopic (exact) mass is 392 g/mol. The minimum absolute atomic E-state index is 0.0797. The molecule has 0 aliphatic rings. The van der Waals surface area contributed by atoms with Gasteiger partial charge in [0.15, 0.2) is 0 Å². The minimum atomic E-state index is -3.88. The third kappa shape index (κ3) is 3.56. The molecular formula is C17H13ClN2O3S2. The summed E-state index contributed by atoms with van der Waals surface area (Å²) < 4.78 is 36.7. The second-order valence-corrected chi connectivity index (χ2v) is 8.08. The average molecular weight is 393 g/mol. The summed E-state index contributed by atoms with van der Waals surface area (Å²) in [6.45, 7) is 0.207. The molecule has 0 unspecified atom stereocenters. The van der Waals surface area contributed by atoms with E-state index in [0.717, 1.165) is 10.2 Å². The summed E-state index contributed by atoms with van der Waals surface area (Å²) in [6, 6.07) is 11.3. The molecule has 25 heavy (non-hydrogen) atoms. The summed E-state index contributed by atoms with van der Waals surface area (Å²) in [5, 5.41) is 0.561. The number of hydrogen-bond donors (Lipinski definition) is 0. The van der Waals surface area contributed by atoms with E-state index in [-0.39, 0.29) is 11.4 Å². The molecule has 0 spiro atoms. The summed E-state index contributed by atoms with van der Waals surface area (Å²) in [4.78, 5) is 0.377. The van der Waals surface area contributed by atoms with Crippen molar-refractivity contribution in [3.63, 3.8) is 0 Å². The molecule has 3 rings (SSSR count). The lowest BCUT2D eigenvalue weighted by Crippen LogP contribution is -2.16. The molecule has 0 aliphatic carbocycles. The van der Waals surface area contributed by atoms with E-state index < -0.39 is 10.0 Å². The summed E-state index contributed by atoms with van der Waals surface area (Å²) in [6.07, 6.45) is 5.42. The first-order chi connectivity index (χ1) is 11.9. The maximum absolute atomic E-state index is 12.6. The number of benzene rings is 2. The minimum Gasteiger partial charge on any atom is -0.497 e. The fourth-order valence-electron chi connectivity index (χ4n) is 2.26. The summed E-state index contributed by atoms with van der Waals surface area (Å²) in [5.41, 5.74) is 0.788. The van der Waals surface area contributed by atoms with Crippen LogP contribution in [0.3, 0.4) is 0 Å². The normalized spacial score (nSPS) is 12.3. The summed E-state index contributed by atoms with van der Waals surface area (Å²) >= 11 is 7.23. The number of aromatic nitrogens is 1. The van der Waals surface area contributed by atoms with Crippen LogP contribution in [-0.2, 0) is 16.6 Å². The number of methoxy groups -OCH3 is 1. The zero-order valence-corrected chi connectivity index (χ0v) is 15.5. The third-order valence-corrected chi connectivity index (χ3v) is 6.12. The maximum atomic E-state index is 12.6. The lowest BCUT2D eigenvalue weighted by Gasteiger charge is -2.02. The van der Waals surface area contributed by atoms with E-state index in [1.807, 2.05) is 0 Å². The van der Waals surface area contributed by atoms with Gasteiger partial charge in [0.2, 0.25) is 4.80 Å². The van der Waals surface area contributed by atoms with Gasteiger partial charge in [-0.15, -0.1) is 10.8 Å². The van der Waals surface area contributed by atoms with Crippen LogP contribution in [0.2, 0.25) is 5.02 Å². The number of rotatable bonds is 4. The van der Waals surface area contributed by atoms with Crippen LogP contribution < -0.4 is 9.54 Å². The Morgan fingerprint density at radius 3 is 2.64 bits per heavy atom. The van der Waals surface area contributed by atoms with Crippen molar-refractivity contribution in [2.75, 3.05) is 7.11 Å². The first-order valence-corrected chi connectivity index (χ1v) is 9.75. The Kier molecular flexibility index (Phi) is 4.86. The van der Waals surface area contributed by atoms with E-state index in [0.29, 0.717) is 15.6 Å². The van der Waals surface area contributed by atoms with Gasteiger partial charge in [0.25, 0.3) is 10.0 Å². The fourth-order valence-corrected chi connectivity index (χ4v) is 4.77. The molecule has 0 atom stereocenters.